The number of halogens is 5. The van der Waals surface area contributed by atoms with Crippen LogP contribution in [0, 0.1) is 18.2 Å². The van der Waals surface area contributed by atoms with Gasteiger partial charge in [-0.25, -0.2) is 13.2 Å². The van der Waals surface area contributed by atoms with Gasteiger partial charge in [0.2, 0.25) is 0 Å². The van der Waals surface area contributed by atoms with E-state index in [0.717, 1.165) is 72.1 Å². The Morgan fingerprint density at radius 3 is 2.20 bits per heavy atom. The SMILES string of the molecule is C=C(C)/C(=C\C(C)(CCCC)Cc1cc(C)cc(F)c1)C(=C)CC1=C(C)C(c2ccc(C(C)(F)F)nc2)C=C(C(C)(F)F)C=C1. The molecule has 242 valence electrons. The summed E-state index contributed by atoms with van der Waals surface area (Å²) in [5.74, 6) is -7.07. The predicted molar refractivity (Wildman–Crippen MR) is 176 cm³/mol. The molecule has 2 atom stereocenters. The molecular weight excluding hydrogens is 577 g/mol. The van der Waals surface area contributed by atoms with Gasteiger partial charge in [0.25, 0.3) is 11.8 Å². The van der Waals surface area contributed by atoms with E-state index in [9.17, 15) is 22.0 Å². The van der Waals surface area contributed by atoms with E-state index in [1.807, 2.05) is 26.8 Å². The fourth-order valence-electron chi connectivity index (χ4n) is 5.94. The molecule has 45 heavy (non-hydrogen) atoms. The summed E-state index contributed by atoms with van der Waals surface area (Å²) in [4.78, 5) is 3.95. The van der Waals surface area contributed by atoms with Crippen LogP contribution in [0.3, 0.4) is 0 Å². The first kappa shape index (κ1) is 35.9. The van der Waals surface area contributed by atoms with Gasteiger partial charge in [0, 0.05) is 31.5 Å². The number of unbranched alkanes of at least 4 members (excludes halogenated alkanes) is 1. The Labute approximate surface area is 266 Å². The lowest BCUT2D eigenvalue weighted by Gasteiger charge is -2.29. The maximum Gasteiger partial charge on any atom is 0.286 e. The second-order valence-corrected chi connectivity index (χ2v) is 13.1. The number of alkyl halides is 4. The van der Waals surface area contributed by atoms with Crippen LogP contribution in [-0.4, -0.2) is 10.9 Å². The number of rotatable bonds is 13. The first-order valence-corrected chi connectivity index (χ1v) is 15.5. The van der Waals surface area contributed by atoms with Gasteiger partial charge < -0.3 is 0 Å². The summed E-state index contributed by atoms with van der Waals surface area (Å²) in [6.45, 7) is 20.3. The van der Waals surface area contributed by atoms with Gasteiger partial charge in [-0.15, -0.1) is 0 Å². The van der Waals surface area contributed by atoms with Crippen LogP contribution in [0.1, 0.15) is 95.5 Å². The number of hydrogen-bond donors (Lipinski definition) is 0. The standard InChI is InChI=1S/C39H46F5N/c1-10-11-16-37(7,22-29-17-26(4)18-33(40)20-29)23-35(25(2)3)27(5)19-30-12-14-32(38(8,41)42)21-34(28(30)6)31-13-15-36(45-24-31)39(9,43)44/h12-15,17-18,20-21,23-24,34H,2,5,10-11,16,19,22H2,1,3-4,6-9H3/b35-23+. The van der Waals surface area contributed by atoms with Crippen molar-refractivity contribution >= 4 is 0 Å². The fraction of sp³-hybridized carbons (Fsp3) is 0.410. The molecule has 0 saturated carbocycles. The number of hydrogen-bond acceptors (Lipinski definition) is 1. The zero-order valence-electron chi connectivity index (χ0n) is 27.6. The predicted octanol–water partition coefficient (Wildman–Crippen LogP) is 12.1. The minimum absolute atomic E-state index is 0.162. The fourth-order valence-corrected chi connectivity index (χ4v) is 5.94. The third-order valence-corrected chi connectivity index (χ3v) is 8.43. The summed E-state index contributed by atoms with van der Waals surface area (Å²) in [5.41, 5.74) is 5.57. The number of nitrogens with zero attached hydrogens (tertiary/aromatic N) is 1. The first-order valence-electron chi connectivity index (χ1n) is 15.5. The lowest BCUT2D eigenvalue weighted by atomic mass is 9.75. The Bertz CT molecular complexity index is 1510. The van der Waals surface area contributed by atoms with Gasteiger partial charge in [-0.05, 0) is 97.1 Å². The summed E-state index contributed by atoms with van der Waals surface area (Å²) in [7, 11) is 0. The zero-order valence-corrected chi connectivity index (χ0v) is 27.6. The molecule has 3 rings (SSSR count). The smallest absolute Gasteiger partial charge is 0.255 e. The highest BCUT2D eigenvalue weighted by Crippen LogP contribution is 2.41. The zero-order chi connectivity index (χ0) is 33.7. The molecule has 0 amide bonds. The van der Waals surface area contributed by atoms with E-state index in [0.29, 0.717) is 18.4 Å². The third-order valence-electron chi connectivity index (χ3n) is 8.43. The largest absolute Gasteiger partial charge is 0.286 e. The van der Waals surface area contributed by atoms with Gasteiger partial charge in [0.15, 0.2) is 0 Å². The summed E-state index contributed by atoms with van der Waals surface area (Å²) < 4.78 is 71.3. The quantitative estimate of drug-likeness (QED) is 0.160. The second-order valence-electron chi connectivity index (χ2n) is 13.1. The van der Waals surface area contributed by atoms with Crippen LogP contribution in [0.25, 0.3) is 0 Å². The van der Waals surface area contributed by atoms with Crippen LogP contribution in [0.15, 0.2) is 107 Å². The lowest BCUT2D eigenvalue weighted by Crippen LogP contribution is -2.19. The van der Waals surface area contributed by atoms with Crippen LogP contribution in [0.2, 0.25) is 0 Å². The van der Waals surface area contributed by atoms with Crippen molar-refractivity contribution in [1.82, 2.24) is 4.98 Å². The molecule has 0 fully saturated rings. The first-order chi connectivity index (χ1) is 20.8. The normalized spacial score (nSPS) is 17.6. The maximum atomic E-state index is 14.7. The van der Waals surface area contributed by atoms with Crippen LogP contribution >= 0.6 is 0 Å². The summed E-state index contributed by atoms with van der Waals surface area (Å²) in [5, 5.41) is 0. The van der Waals surface area contributed by atoms with Crippen molar-refractivity contribution in [1.29, 1.82) is 0 Å². The van der Waals surface area contributed by atoms with Gasteiger partial charge in [0.05, 0.1) is 0 Å². The highest BCUT2D eigenvalue weighted by Gasteiger charge is 2.31. The van der Waals surface area contributed by atoms with E-state index >= 15 is 0 Å². The average molecular weight is 624 g/mol. The molecule has 0 N–H and O–H groups in total. The number of allylic oxidation sites excluding steroid dienone is 10. The van der Waals surface area contributed by atoms with Gasteiger partial charge >= 0.3 is 0 Å². The molecule has 0 bridgehead atoms. The number of aromatic nitrogens is 1. The summed E-state index contributed by atoms with van der Waals surface area (Å²) in [6.07, 6.45) is 12.0. The molecule has 1 aromatic carbocycles. The van der Waals surface area contributed by atoms with Crippen LogP contribution in [0.4, 0.5) is 22.0 Å². The minimum atomic E-state index is -3.11. The van der Waals surface area contributed by atoms with Crippen molar-refractivity contribution in [2.24, 2.45) is 5.41 Å². The minimum Gasteiger partial charge on any atom is -0.255 e. The van der Waals surface area contributed by atoms with Crippen LogP contribution in [-0.2, 0) is 12.3 Å². The van der Waals surface area contributed by atoms with Crippen molar-refractivity contribution in [2.45, 2.75) is 98.3 Å². The van der Waals surface area contributed by atoms with Crippen LogP contribution < -0.4 is 0 Å². The van der Waals surface area contributed by atoms with Crippen LogP contribution in [0.5, 0.6) is 0 Å². The molecular formula is C39H46F5N. The molecule has 1 aromatic heterocycles. The molecule has 0 radical (unpaired) electrons. The van der Waals surface area contributed by atoms with Gasteiger partial charge in [-0.3, -0.25) is 4.98 Å². The average Bonchev–Trinajstić information content (AvgIpc) is 3.08. The molecule has 1 aliphatic carbocycles. The molecule has 0 saturated heterocycles. The van der Waals surface area contributed by atoms with Crippen molar-refractivity contribution in [3.63, 3.8) is 0 Å². The summed E-state index contributed by atoms with van der Waals surface area (Å²) >= 11 is 0. The molecule has 0 spiro atoms. The Morgan fingerprint density at radius 1 is 0.978 bits per heavy atom. The number of benzene rings is 1. The second kappa shape index (κ2) is 14.3. The Kier molecular flexibility index (Phi) is 11.4. The molecule has 2 unspecified atom stereocenters. The van der Waals surface area contributed by atoms with Crippen molar-refractivity contribution in [3.05, 3.63) is 136 Å². The van der Waals surface area contributed by atoms with E-state index in [2.05, 4.69) is 38.1 Å². The molecule has 0 aliphatic heterocycles. The molecule has 1 nitrogen and oxygen atoms in total. The maximum absolute atomic E-state index is 14.7. The highest BCUT2D eigenvalue weighted by molar-refractivity contribution is 5.52. The van der Waals surface area contributed by atoms with Crippen molar-refractivity contribution in [3.8, 4) is 0 Å². The Morgan fingerprint density at radius 2 is 1.67 bits per heavy atom. The van der Waals surface area contributed by atoms with E-state index in [1.165, 1.54) is 36.5 Å². The van der Waals surface area contributed by atoms with E-state index in [1.54, 1.807) is 12.1 Å². The van der Waals surface area contributed by atoms with Gasteiger partial charge in [-0.2, -0.15) is 8.78 Å². The molecule has 1 aliphatic rings. The molecule has 6 heteroatoms. The molecule has 2 aromatic rings. The van der Waals surface area contributed by atoms with E-state index in [4.69, 9.17) is 0 Å². The topological polar surface area (TPSA) is 12.9 Å². The van der Waals surface area contributed by atoms with Crippen molar-refractivity contribution in [2.75, 3.05) is 0 Å². The Hall–Kier alpha value is -3.54. The Balaban J connectivity index is 2.05. The van der Waals surface area contributed by atoms with Gasteiger partial charge in [-0.1, -0.05) is 87.4 Å². The number of pyridine rings is 1. The summed E-state index contributed by atoms with van der Waals surface area (Å²) in [6, 6.07) is 7.89. The number of aryl methyl sites for hydroxylation is 1. The molecule has 1 heterocycles. The lowest BCUT2D eigenvalue weighted by molar-refractivity contribution is 0.0127. The monoisotopic (exact) mass is 623 g/mol. The van der Waals surface area contributed by atoms with Gasteiger partial charge in [0.1, 0.15) is 11.5 Å². The third kappa shape index (κ3) is 9.72. The van der Waals surface area contributed by atoms with Crippen molar-refractivity contribution < 1.29 is 22.0 Å². The van der Waals surface area contributed by atoms with E-state index < -0.39 is 17.8 Å². The highest BCUT2D eigenvalue weighted by atomic mass is 19.3. The van der Waals surface area contributed by atoms with E-state index in [-0.39, 0.29) is 22.5 Å².